The number of nitrogens with one attached hydrogen (secondary N) is 1. The highest BCUT2D eigenvalue weighted by molar-refractivity contribution is 5.92. The van der Waals surface area contributed by atoms with Gasteiger partial charge in [-0.3, -0.25) is 9.59 Å². The van der Waals surface area contributed by atoms with Gasteiger partial charge in [-0.2, -0.15) is 0 Å². The summed E-state index contributed by atoms with van der Waals surface area (Å²) in [5.74, 6) is 1.86. The van der Waals surface area contributed by atoms with Crippen molar-refractivity contribution in [2.75, 3.05) is 12.4 Å². The minimum Gasteiger partial charge on any atom is -0.319 e. The second kappa shape index (κ2) is 7.39. The molecule has 1 unspecified atom stereocenters. The molecule has 3 fully saturated rings. The number of anilines is 1. The zero-order valence-corrected chi connectivity index (χ0v) is 19.6. The van der Waals surface area contributed by atoms with Gasteiger partial charge in [-0.05, 0) is 80.8 Å². The lowest BCUT2D eigenvalue weighted by molar-refractivity contribution is -0.137. The Kier molecular flexibility index (Phi) is 4.99. The van der Waals surface area contributed by atoms with Crippen LogP contribution in [0.5, 0.6) is 0 Å². The molecule has 2 amide bonds. The van der Waals surface area contributed by atoms with Gasteiger partial charge in [0.25, 0.3) is 0 Å². The maximum absolute atomic E-state index is 13.3. The van der Waals surface area contributed by atoms with E-state index in [0.717, 1.165) is 44.7 Å². The van der Waals surface area contributed by atoms with Crippen molar-refractivity contribution in [3.8, 4) is 0 Å². The van der Waals surface area contributed by atoms with E-state index in [-0.39, 0.29) is 28.6 Å². The normalized spacial score (nSPS) is 38.8. The molecule has 2 saturated carbocycles. The van der Waals surface area contributed by atoms with Crippen molar-refractivity contribution in [2.45, 2.75) is 65.7 Å². The van der Waals surface area contributed by atoms with Gasteiger partial charge in [0.1, 0.15) is 11.6 Å². The maximum atomic E-state index is 13.3. The monoisotopic (exact) mass is 439 g/mol. The van der Waals surface area contributed by atoms with E-state index in [0.29, 0.717) is 30.0 Å². The molecular weight excluding hydrogens is 405 g/mol. The topological polar surface area (TPSA) is 62.3 Å². The maximum Gasteiger partial charge on any atom is 0.229 e. The number of nitrogens with zero attached hydrogens (tertiary/aromatic N) is 2. The standard InChI is InChI=1S/C26H34FN3O2/c1-15-13-17-18-6-7-20(24(32)29-21-8-5-16(27)14-28-21)25(18,2)11-9-19(17)26(3)12-10-22(31)30(4)23(15)26/h5,8,14,17-20H,6-7,9-13H2,1-4H3,(H,28,29,32)/t17-,18-,19+,20?,25-,26+/m0/s1. The second-order valence-corrected chi connectivity index (χ2v) is 11.1. The fraction of sp³-hybridized carbons (Fsp3) is 0.654. The lowest BCUT2D eigenvalue weighted by Gasteiger charge is -2.59. The number of piperidine rings is 1. The average Bonchev–Trinajstić information content (AvgIpc) is 3.10. The highest BCUT2D eigenvalue weighted by atomic mass is 19.1. The van der Waals surface area contributed by atoms with E-state index in [1.807, 2.05) is 11.9 Å². The third kappa shape index (κ3) is 3.05. The summed E-state index contributed by atoms with van der Waals surface area (Å²) in [4.78, 5) is 31.6. The summed E-state index contributed by atoms with van der Waals surface area (Å²) in [7, 11) is 1.95. The Morgan fingerprint density at radius 2 is 1.97 bits per heavy atom. The van der Waals surface area contributed by atoms with Gasteiger partial charge in [0.05, 0.1) is 6.20 Å². The molecule has 5 rings (SSSR count). The average molecular weight is 440 g/mol. The minimum atomic E-state index is -0.405. The number of hydrogen-bond donors (Lipinski definition) is 1. The van der Waals surface area contributed by atoms with Crippen LogP contribution in [0.4, 0.5) is 10.2 Å². The molecule has 0 spiro atoms. The molecular formula is C26H34FN3O2. The van der Waals surface area contributed by atoms with Crippen LogP contribution in [-0.2, 0) is 9.59 Å². The molecule has 1 aromatic heterocycles. The summed E-state index contributed by atoms with van der Waals surface area (Å²) < 4.78 is 13.2. The molecule has 1 N–H and O–H groups in total. The van der Waals surface area contributed by atoms with Gasteiger partial charge in [-0.15, -0.1) is 0 Å². The van der Waals surface area contributed by atoms with Gasteiger partial charge >= 0.3 is 0 Å². The van der Waals surface area contributed by atoms with Crippen molar-refractivity contribution in [1.82, 2.24) is 9.88 Å². The molecule has 3 aliphatic carbocycles. The number of carbonyl (C=O) groups excluding carboxylic acids is 2. The molecule has 5 nitrogen and oxygen atoms in total. The van der Waals surface area contributed by atoms with E-state index in [1.165, 1.54) is 23.4 Å². The number of allylic oxidation sites excluding steroid dienone is 2. The number of amides is 2. The summed E-state index contributed by atoms with van der Waals surface area (Å²) in [6.07, 6.45) is 7.84. The number of pyridine rings is 1. The smallest absolute Gasteiger partial charge is 0.229 e. The first kappa shape index (κ1) is 21.6. The Balaban J connectivity index is 1.41. The van der Waals surface area contributed by atoms with E-state index in [4.69, 9.17) is 0 Å². The third-order valence-corrected chi connectivity index (χ3v) is 9.61. The fourth-order valence-electron chi connectivity index (χ4n) is 8.20. The SMILES string of the molecule is CC1=C2N(C)C(=O)CC[C@]2(C)[C@@H]2CC[C@]3(C)C(C(=O)Nc4ccc(F)cn4)CC[C@H]3[C@@H]2C1. The molecule has 0 radical (unpaired) electrons. The first-order chi connectivity index (χ1) is 15.1. The number of hydrogen-bond acceptors (Lipinski definition) is 3. The molecule has 4 aliphatic rings. The first-order valence-electron chi connectivity index (χ1n) is 12.0. The van der Waals surface area contributed by atoms with Crippen molar-refractivity contribution in [3.63, 3.8) is 0 Å². The molecule has 6 heteroatoms. The molecule has 2 heterocycles. The third-order valence-electron chi connectivity index (χ3n) is 9.61. The molecule has 1 aliphatic heterocycles. The highest BCUT2D eigenvalue weighted by Gasteiger charge is 2.61. The number of rotatable bonds is 2. The summed E-state index contributed by atoms with van der Waals surface area (Å²) in [6.45, 7) is 6.91. The van der Waals surface area contributed by atoms with Gasteiger partial charge in [0.2, 0.25) is 11.8 Å². The Labute approximate surface area is 189 Å². The number of likely N-dealkylation sites (tertiary alicyclic amines) is 1. The van der Waals surface area contributed by atoms with Gasteiger partial charge in [0, 0.05) is 30.5 Å². The van der Waals surface area contributed by atoms with Crippen molar-refractivity contribution >= 4 is 17.6 Å². The lowest BCUT2D eigenvalue weighted by Crippen LogP contribution is -2.54. The predicted octanol–water partition coefficient (Wildman–Crippen LogP) is 5.15. The van der Waals surface area contributed by atoms with E-state index in [9.17, 15) is 14.0 Å². The van der Waals surface area contributed by atoms with Gasteiger partial charge in [0.15, 0.2) is 0 Å². The molecule has 1 aromatic rings. The van der Waals surface area contributed by atoms with Crippen LogP contribution in [0.1, 0.15) is 65.7 Å². The van der Waals surface area contributed by atoms with Crippen LogP contribution in [-0.4, -0.2) is 28.7 Å². The molecule has 172 valence electrons. The predicted molar refractivity (Wildman–Crippen MR) is 121 cm³/mol. The number of aromatic nitrogens is 1. The lowest BCUT2D eigenvalue weighted by atomic mass is 9.48. The number of carbonyl (C=O) groups is 2. The van der Waals surface area contributed by atoms with Crippen molar-refractivity contribution < 1.29 is 14.0 Å². The second-order valence-electron chi connectivity index (χ2n) is 11.1. The largest absolute Gasteiger partial charge is 0.319 e. The minimum absolute atomic E-state index is 0.0190. The summed E-state index contributed by atoms with van der Waals surface area (Å²) in [5.41, 5.74) is 2.65. The van der Waals surface area contributed by atoms with Crippen molar-refractivity contribution in [2.24, 2.45) is 34.5 Å². The fourth-order valence-corrected chi connectivity index (χ4v) is 8.20. The molecule has 6 atom stereocenters. The van der Waals surface area contributed by atoms with E-state index in [2.05, 4.69) is 31.1 Å². The van der Waals surface area contributed by atoms with Gasteiger partial charge < -0.3 is 10.2 Å². The van der Waals surface area contributed by atoms with E-state index in [1.54, 1.807) is 0 Å². The number of halogens is 1. The molecule has 0 bridgehead atoms. The van der Waals surface area contributed by atoms with Crippen LogP contribution >= 0.6 is 0 Å². The number of fused-ring (bicyclic) bond motifs is 5. The molecule has 1 saturated heterocycles. The summed E-state index contributed by atoms with van der Waals surface area (Å²) in [6, 6.07) is 2.85. The van der Waals surface area contributed by atoms with Crippen molar-refractivity contribution in [1.29, 1.82) is 0 Å². The Hall–Kier alpha value is -2.24. The van der Waals surface area contributed by atoms with Crippen LogP contribution in [0.3, 0.4) is 0 Å². The molecule has 32 heavy (non-hydrogen) atoms. The van der Waals surface area contributed by atoms with Crippen molar-refractivity contribution in [3.05, 3.63) is 35.4 Å². The molecule has 0 aromatic carbocycles. The highest BCUT2D eigenvalue weighted by Crippen LogP contribution is 2.66. The van der Waals surface area contributed by atoms with Crippen LogP contribution in [0.25, 0.3) is 0 Å². The Morgan fingerprint density at radius 1 is 1.19 bits per heavy atom. The van der Waals surface area contributed by atoms with E-state index < -0.39 is 5.82 Å². The first-order valence-corrected chi connectivity index (χ1v) is 12.0. The van der Waals surface area contributed by atoms with Gasteiger partial charge in [-0.25, -0.2) is 9.37 Å². The zero-order chi connectivity index (χ0) is 22.8. The Bertz CT molecular complexity index is 989. The van der Waals surface area contributed by atoms with E-state index >= 15 is 0 Å². The quantitative estimate of drug-likeness (QED) is 0.693. The summed E-state index contributed by atoms with van der Waals surface area (Å²) in [5, 5.41) is 2.94. The summed E-state index contributed by atoms with van der Waals surface area (Å²) >= 11 is 0. The van der Waals surface area contributed by atoms with Crippen LogP contribution in [0.2, 0.25) is 0 Å². The Morgan fingerprint density at radius 3 is 2.69 bits per heavy atom. The van der Waals surface area contributed by atoms with Crippen LogP contribution < -0.4 is 5.32 Å². The van der Waals surface area contributed by atoms with Crippen LogP contribution in [0, 0.1) is 40.3 Å². The van der Waals surface area contributed by atoms with Gasteiger partial charge in [-0.1, -0.05) is 19.4 Å². The zero-order valence-electron chi connectivity index (χ0n) is 19.6. The van der Waals surface area contributed by atoms with Crippen LogP contribution in [0.15, 0.2) is 29.6 Å².